The molecule has 5 nitrogen and oxygen atoms in total. The lowest BCUT2D eigenvalue weighted by molar-refractivity contribution is 0.477. The molecule has 3 heterocycles. The van der Waals surface area contributed by atoms with E-state index in [1.54, 1.807) is 30.1 Å². The van der Waals surface area contributed by atoms with E-state index in [2.05, 4.69) is 9.88 Å². The zero-order chi connectivity index (χ0) is 18.8. The maximum Gasteiger partial charge on any atom is 0.255 e. The number of hydrogen-bond acceptors (Lipinski definition) is 4. The summed E-state index contributed by atoms with van der Waals surface area (Å²) >= 11 is 0. The number of pyridine rings is 1. The first kappa shape index (κ1) is 17.4. The van der Waals surface area contributed by atoms with Crippen LogP contribution in [0.2, 0.25) is 0 Å². The Hall–Kier alpha value is -3.02. The Labute approximate surface area is 157 Å². The molecule has 0 aliphatic carbocycles. The first-order valence-electron chi connectivity index (χ1n) is 9.11. The summed E-state index contributed by atoms with van der Waals surface area (Å²) in [6.07, 6.45) is 5.22. The second kappa shape index (κ2) is 7.31. The first-order chi connectivity index (χ1) is 13.1. The topological polar surface area (TPSA) is 51.0 Å². The Morgan fingerprint density at radius 2 is 1.93 bits per heavy atom. The summed E-state index contributed by atoms with van der Waals surface area (Å²) in [5.74, 6) is 0.536. The van der Waals surface area contributed by atoms with Gasteiger partial charge in [-0.1, -0.05) is 18.2 Å². The quantitative estimate of drug-likeness (QED) is 0.715. The van der Waals surface area contributed by atoms with Crippen LogP contribution in [0, 0.1) is 5.82 Å². The van der Waals surface area contributed by atoms with E-state index >= 15 is 0 Å². The van der Waals surface area contributed by atoms with Gasteiger partial charge in [0.05, 0.1) is 5.69 Å². The molecule has 0 radical (unpaired) electrons. The maximum atomic E-state index is 14.2. The van der Waals surface area contributed by atoms with Gasteiger partial charge in [-0.3, -0.25) is 14.3 Å². The van der Waals surface area contributed by atoms with Gasteiger partial charge in [0, 0.05) is 50.1 Å². The van der Waals surface area contributed by atoms with Crippen molar-refractivity contribution < 1.29 is 4.39 Å². The fourth-order valence-electron chi connectivity index (χ4n) is 3.70. The number of rotatable bonds is 3. The van der Waals surface area contributed by atoms with Crippen LogP contribution in [0.5, 0.6) is 0 Å². The van der Waals surface area contributed by atoms with Gasteiger partial charge in [0.15, 0.2) is 0 Å². The Bertz CT molecular complexity index is 1000. The summed E-state index contributed by atoms with van der Waals surface area (Å²) in [4.78, 5) is 23.4. The van der Waals surface area contributed by atoms with Gasteiger partial charge in [-0.15, -0.1) is 0 Å². The van der Waals surface area contributed by atoms with Gasteiger partial charge in [0.1, 0.15) is 5.82 Å². The third-order valence-electron chi connectivity index (χ3n) is 5.14. The van der Waals surface area contributed by atoms with Gasteiger partial charge < -0.3 is 4.90 Å². The van der Waals surface area contributed by atoms with Crippen molar-refractivity contribution in [3.63, 3.8) is 0 Å². The van der Waals surface area contributed by atoms with E-state index in [0.717, 1.165) is 30.5 Å². The highest BCUT2D eigenvalue weighted by Gasteiger charge is 2.26. The Kier molecular flexibility index (Phi) is 4.71. The second-order valence-corrected chi connectivity index (χ2v) is 6.88. The summed E-state index contributed by atoms with van der Waals surface area (Å²) in [5.41, 5.74) is 2.10. The predicted octanol–water partition coefficient (Wildman–Crippen LogP) is 3.37. The van der Waals surface area contributed by atoms with Crippen LogP contribution in [-0.2, 0) is 7.05 Å². The van der Waals surface area contributed by atoms with Crippen molar-refractivity contribution in [3.05, 3.63) is 76.6 Å². The van der Waals surface area contributed by atoms with Gasteiger partial charge in [-0.25, -0.2) is 9.37 Å². The lowest BCUT2D eigenvalue weighted by Gasteiger charge is -2.34. The number of piperidine rings is 1. The van der Waals surface area contributed by atoms with Gasteiger partial charge in [0.25, 0.3) is 5.56 Å². The molecule has 0 amide bonds. The Morgan fingerprint density at radius 1 is 1.15 bits per heavy atom. The van der Waals surface area contributed by atoms with E-state index in [1.165, 1.54) is 12.1 Å². The van der Waals surface area contributed by atoms with Crippen LogP contribution >= 0.6 is 0 Å². The molecule has 138 valence electrons. The average molecular weight is 364 g/mol. The molecule has 0 spiro atoms. The lowest BCUT2D eigenvalue weighted by atomic mass is 9.90. The highest BCUT2D eigenvalue weighted by atomic mass is 19.1. The minimum Gasteiger partial charge on any atom is -0.342 e. The van der Waals surface area contributed by atoms with E-state index in [9.17, 15) is 9.18 Å². The summed E-state index contributed by atoms with van der Waals surface area (Å²) in [7, 11) is 1.73. The zero-order valence-corrected chi connectivity index (χ0v) is 15.2. The third kappa shape index (κ3) is 3.47. The number of aromatic nitrogens is 3. The fraction of sp³-hybridized carbons (Fsp3) is 0.286. The molecule has 0 bridgehead atoms. The molecule has 27 heavy (non-hydrogen) atoms. The van der Waals surface area contributed by atoms with Crippen LogP contribution in [0.3, 0.4) is 0 Å². The molecule has 1 unspecified atom stereocenters. The molecule has 6 heteroatoms. The van der Waals surface area contributed by atoms with E-state index in [0.29, 0.717) is 18.2 Å². The van der Waals surface area contributed by atoms with Gasteiger partial charge in [-0.05, 0) is 36.6 Å². The van der Waals surface area contributed by atoms with Crippen molar-refractivity contribution in [2.75, 3.05) is 18.0 Å². The fourth-order valence-corrected chi connectivity index (χ4v) is 3.70. The molecule has 0 saturated carbocycles. The van der Waals surface area contributed by atoms with Gasteiger partial charge in [-0.2, -0.15) is 0 Å². The monoisotopic (exact) mass is 364 g/mol. The number of halogens is 1. The minimum atomic E-state index is -0.170. The van der Waals surface area contributed by atoms with Crippen molar-refractivity contribution in [1.82, 2.24) is 14.5 Å². The second-order valence-electron chi connectivity index (χ2n) is 6.88. The number of anilines is 1. The minimum absolute atomic E-state index is 0.0847. The predicted molar refractivity (Wildman–Crippen MR) is 103 cm³/mol. The molecule has 3 aromatic rings. The molecular weight excluding hydrogens is 343 g/mol. The standard InChI is InChI=1S/C21H21FN4O/c1-25-20(27)13-19(15-8-10-23-11-9-15)24-21(25)26-12-4-5-16(14-26)17-6-2-3-7-18(17)22/h2-3,6-11,13,16H,4-5,12,14H2,1H3. The number of benzene rings is 1. The van der Waals surface area contributed by atoms with Crippen molar-refractivity contribution in [3.8, 4) is 11.3 Å². The van der Waals surface area contributed by atoms with E-state index in [4.69, 9.17) is 4.98 Å². The molecule has 1 aliphatic heterocycles. The van der Waals surface area contributed by atoms with Crippen molar-refractivity contribution >= 4 is 5.95 Å². The summed E-state index contributed by atoms with van der Waals surface area (Å²) in [5, 5.41) is 0. The molecule has 0 N–H and O–H groups in total. The molecule has 1 fully saturated rings. The van der Waals surface area contributed by atoms with Crippen molar-refractivity contribution in [1.29, 1.82) is 0 Å². The summed E-state index contributed by atoms with van der Waals surface area (Å²) in [6.45, 7) is 1.44. The smallest absolute Gasteiger partial charge is 0.255 e. The van der Waals surface area contributed by atoms with Crippen LogP contribution in [0.4, 0.5) is 10.3 Å². The average Bonchev–Trinajstić information content (AvgIpc) is 2.71. The van der Waals surface area contributed by atoms with Crippen LogP contribution in [-0.4, -0.2) is 27.6 Å². The van der Waals surface area contributed by atoms with Crippen molar-refractivity contribution in [2.24, 2.45) is 7.05 Å². The third-order valence-corrected chi connectivity index (χ3v) is 5.14. The molecule has 1 aliphatic rings. The number of hydrogen-bond donors (Lipinski definition) is 0. The van der Waals surface area contributed by atoms with E-state index in [-0.39, 0.29) is 17.3 Å². The molecule has 1 aromatic carbocycles. The largest absolute Gasteiger partial charge is 0.342 e. The molecular formula is C21H21FN4O. The lowest BCUT2D eigenvalue weighted by Crippen LogP contribution is -2.39. The molecule has 2 aromatic heterocycles. The van der Waals surface area contributed by atoms with Crippen LogP contribution in [0.1, 0.15) is 24.3 Å². The molecule has 1 saturated heterocycles. The summed E-state index contributed by atoms with van der Waals surface area (Å²) < 4.78 is 15.8. The van der Waals surface area contributed by atoms with Gasteiger partial charge in [0.2, 0.25) is 5.95 Å². The van der Waals surface area contributed by atoms with Crippen LogP contribution in [0.25, 0.3) is 11.3 Å². The number of nitrogens with zero attached hydrogens (tertiary/aromatic N) is 4. The van der Waals surface area contributed by atoms with Gasteiger partial charge >= 0.3 is 0 Å². The SMILES string of the molecule is Cn1c(N2CCCC(c3ccccc3F)C2)nc(-c2ccncc2)cc1=O. The zero-order valence-electron chi connectivity index (χ0n) is 15.2. The Morgan fingerprint density at radius 3 is 2.70 bits per heavy atom. The Balaban J connectivity index is 1.69. The first-order valence-corrected chi connectivity index (χ1v) is 9.11. The van der Waals surface area contributed by atoms with Crippen molar-refractivity contribution in [2.45, 2.75) is 18.8 Å². The summed E-state index contributed by atoms with van der Waals surface area (Å²) in [6, 6.07) is 12.2. The molecule has 1 atom stereocenters. The van der Waals surface area contributed by atoms with Crippen LogP contribution in [0.15, 0.2) is 59.7 Å². The van der Waals surface area contributed by atoms with Crippen LogP contribution < -0.4 is 10.5 Å². The highest BCUT2D eigenvalue weighted by Crippen LogP contribution is 2.30. The van der Waals surface area contributed by atoms with E-state index < -0.39 is 0 Å². The normalized spacial score (nSPS) is 17.1. The van der Waals surface area contributed by atoms with E-state index in [1.807, 2.05) is 24.3 Å². The maximum absolute atomic E-state index is 14.2. The highest BCUT2D eigenvalue weighted by molar-refractivity contribution is 5.59. The molecule has 4 rings (SSSR count).